The Morgan fingerprint density at radius 3 is 2.50 bits per heavy atom. The highest BCUT2D eigenvalue weighted by Gasteiger charge is 2.33. The summed E-state index contributed by atoms with van der Waals surface area (Å²) in [5, 5.41) is 10.2. The third-order valence-electron chi connectivity index (χ3n) is 1.42. The number of anilines is 1. The van der Waals surface area contributed by atoms with E-state index >= 15 is 0 Å². The highest BCUT2D eigenvalue weighted by atomic mass is 19.4. The number of pyridine rings is 1. The largest absolute Gasteiger partial charge is 0.418 e. The van der Waals surface area contributed by atoms with E-state index in [0.29, 0.717) is 12.3 Å². The zero-order chi connectivity index (χ0) is 10.9. The molecule has 0 aliphatic heterocycles. The van der Waals surface area contributed by atoms with Crippen molar-refractivity contribution in [2.75, 3.05) is 5.73 Å². The maximum absolute atomic E-state index is 12.1. The summed E-state index contributed by atoms with van der Waals surface area (Å²) in [5.74, 6) is -0.539. The van der Waals surface area contributed by atoms with Gasteiger partial charge in [-0.2, -0.15) is 13.2 Å². The number of nitro groups is 1. The van der Waals surface area contributed by atoms with Crippen LogP contribution in [-0.2, 0) is 6.18 Å². The van der Waals surface area contributed by atoms with Gasteiger partial charge in [-0.25, -0.2) is 4.98 Å². The number of alkyl halides is 3. The third-order valence-corrected chi connectivity index (χ3v) is 1.42. The molecule has 1 aromatic heterocycles. The van der Waals surface area contributed by atoms with Crippen LogP contribution in [0.5, 0.6) is 0 Å². The van der Waals surface area contributed by atoms with E-state index in [4.69, 9.17) is 5.73 Å². The number of hydrogen-bond acceptors (Lipinski definition) is 4. The number of nitrogens with two attached hydrogens (primary N) is 1. The molecule has 0 atom stereocenters. The Hall–Kier alpha value is -1.86. The second-order valence-corrected chi connectivity index (χ2v) is 2.38. The van der Waals surface area contributed by atoms with Gasteiger partial charge in [-0.05, 0) is 0 Å². The van der Waals surface area contributed by atoms with Crippen LogP contribution in [0.1, 0.15) is 5.56 Å². The van der Waals surface area contributed by atoms with Crippen molar-refractivity contribution in [2.24, 2.45) is 0 Å². The van der Waals surface area contributed by atoms with Crippen LogP contribution in [0.3, 0.4) is 0 Å². The third kappa shape index (κ3) is 1.90. The molecule has 0 unspecified atom stereocenters. The molecule has 0 saturated carbocycles. The molecule has 1 heterocycles. The fourth-order valence-corrected chi connectivity index (χ4v) is 0.765. The Kier molecular flexibility index (Phi) is 2.28. The molecular weight excluding hydrogens is 203 g/mol. The lowest BCUT2D eigenvalue weighted by atomic mass is 10.2. The summed E-state index contributed by atoms with van der Waals surface area (Å²) in [4.78, 5) is 12.3. The van der Waals surface area contributed by atoms with Gasteiger partial charge in [-0.1, -0.05) is 0 Å². The van der Waals surface area contributed by atoms with Crippen LogP contribution in [0.25, 0.3) is 0 Å². The molecule has 1 rings (SSSR count). The molecule has 0 aromatic carbocycles. The zero-order valence-corrected chi connectivity index (χ0v) is 6.58. The van der Waals surface area contributed by atoms with Crippen molar-refractivity contribution in [1.29, 1.82) is 0 Å². The van der Waals surface area contributed by atoms with E-state index in [0.717, 1.165) is 0 Å². The van der Waals surface area contributed by atoms with Gasteiger partial charge in [0.05, 0.1) is 10.5 Å². The van der Waals surface area contributed by atoms with E-state index in [1.807, 2.05) is 0 Å². The molecule has 0 bridgehead atoms. The Morgan fingerprint density at radius 2 is 2.07 bits per heavy atom. The van der Waals surface area contributed by atoms with Crippen molar-refractivity contribution in [3.8, 4) is 0 Å². The minimum absolute atomic E-state index is 0.350. The minimum Gasteiger partial charge on any atom is -0.378 e. The first kappa shape index (κ1) is 10.2. The molecule has 0 saturated heterocycles. The number of hydrogen-bond donors (Lipinski definition) is 1. The Balaban J connectivity index is 3.27. The van der Waals surface area contributed by atoms with E-state index in [1.54, 1.807) is 0 Å². The van der Waals surface area contributed by atoms with Crippen LogP contribution < -0.4 is 5.73 Å². The van der Waals surface area contributed by atoms with E-state index in [9.17, 15) is 23.3 Å². The normalized spacial score (nSPS) is 11.4. The van der Waals surface area contributed by atoms with Crippen molar-refractivity contribution in [3.05, 3.63) is 27.9 Å². The van der Waals surface area contributed by atoms with Gasteiger partial charge in [0.2, 0.25) is 5.82 Å². The highest BCUT2D eigenvalue weighted by Crippen LogP contribution is 2.32. The molecule has 76 valence electrons. The van der Waals surface area contributed by atoms with E-state index in [-0.39, 0.29) is 0 Å². The lowest BCUT2D eigenvalue weighted by Crippen LogP contribution is -2.08. The van der Waals surface area contributed by atoms with Crippen molar-refractivity contribution in [1.82, 2.24) is 4.98 Å². The van der Waals surface area contributed by atoms with Gasteiger partial charge in [0.25, 0.3) is 0 Å². The average Bonchev–Trinajstić information content (AvgIpc) is 2.02. The van der Waals surface area contributed by atoms with Crippen molar-refractivity contribution in [3.63, 3.8) is 0 Å². The van der Waals surface area contributed by atoms with Crippen LogP contribution in [0.2, 0.25) is 0 Å². The predicted molar refractivity (Wildman–Crippen MR) is 40.3 cm³/mol. The quantitative estimate of drug-likeness (QED) is 0.559. The molecule has 2 N–H and O–H groups in total. The Bertz CT molecular complexity index is 377. The number of nitrogens with zero attached hydrogens (tertiary/aromatic N) is 2. The van der Waals surface area contributed by atoms with Gasteiger partial charge in [0.15, 0.2) is 0 Å². The summed E-state index contributed by atoms with van der Waals surface area (Å²) in [6.45, 7) is 0. The van der Waals surface area contributed by atoms with E-state index in [2.05, 4.69) is 4.98 Å². The van der Waals surface area contributed by atoms with Crippen LogP contribution in [0, 0.1) is 10.1 Å². The summed E-state index contributed by atoms with van der Waals surface area (Å²) >= 11 is 0. The Labute approximate surface area is 75.5 Å². The van der Waals surface area contributed by atoms with Gasteiger partial charge < -0.3 is 5.73 Å². The van der Waals surface area contributed by atoms with Crippen LogP contribution >= 0.6 is 0 Å². The van der Waals surface area contributed by atoms with Gasteiger partial charge in [0, 0.05) is 12.3 Å². The topological polar surface area (TPSA) is 82.0 Å². The standard InChI is InChI=1S/C6H4F3N3O2/c7-6(8,9)3-1-4(12(13)14)5(10)11-2-3/h1-2H,(H2,10,11). The van der Waals surface area contributed by atoms with Gasteiger partial charge in [0.1, 0.15) is 0 Å². The first-order valence-corrected chi connectivity index (χ1v) is 3.29. The summed E-state index contributed by atoms with van der Waals surface area (Å²) < 4.78 is 36.2. The summed E-state index contributed by atoms with van der Waals surface area (Å²) in [7, 11) is 0. The lowest BCUT2D eigenvalue weighted by molar-refractivity contribution is -0.384. The number of nitrogen functional groups attached to an aromatic ring is 1. The zero-order valence-electron chi connectivity index (χ0n) is 6.58. The highest BCUT2D eigenvalue weighted by molar-refractivity contribution is 5.53. The molecule has 0 aliphatic carbocycles. The summed E-state index contributed by atoms with van der Waals surface area (Å²) in [6, 6.07) is 0.350. The van der Waals surface area contributed by atoms with Gasteiger partial charge in [-0.3, -0.25) is 10.1 Å². The van der Waals surface area contributed by atoms with Gasteiger partial charge in [-0.15, -0.1) is 0 Å². The predicted octanol–water partition coefficient (Wildman–Crippen LogP) is 1.59. The molecule has 0 fully saturated rings. The molecule has 5 nitrogen and oxygen atoms in total. The molecular formula is C6H4F3N3O2. The first-order valence-electron chi connectivity index (χ1n) is 3.29. The maximum Gasteiger partial charge on any atom is 0.418 e. The fraction of sp³-hybridized carbons (Fsp3) is 0.167. The van der Waals surface area contributed by atoms with Gasteiger partial charge >= 0.3 is 11.9 Å². The SMILES string of the molecule is Nc1ncc(C(F)(F)F)cc1[N+](=O)[O-]. The molecule has 0 spiro atoms. The number of halogens is 3. The smallest absolute Gasteiger partial charge is 0.378 e. The molecule has 0 amide bonds. The first-order chi connectivity index (χ1) is 6.32. The van der Waals surface area contributed by atoms with Crippen LogP contribution in [-0.4, -0.2) is 9.91 Å². The second kappa shape index (κ2) is 3.13. The van der Waals surface area contributed by atoms with Crippen molar-refractivity contribution >= 4 is 11.5 Å². The van der Waals surface area contributed by atoms with Crippen molar-refractivity contribution < 1.29 is 18.1 Å². The van der Waals surface area contributed by atoms with Crippen LogP contribution in [0.15, 0.2) is 12.3 Å². The molecule has 1 aromatic rings. The molecule has 0 aliphatic rings. The van der Waals surface area contributed by atoms with E-state index in [1.165, 1.54) is 0 Å². The Morgan fingerprint density at radius 1 is 1.50 bits per heavy atom. The van der Waals surface area contributed by atoms with E-state index < -0.39 is 28.2 Å². The fourth-order valence-electron chi connectivity index (χ4n) is 0.765. The number of aromatic nitrogens is 1. The maximum atomic E-state index is 12.1. The molecule has 8 heteroatoms. The summed E-state index contributed by atoms with van der Waals surface area (Å²) in [5.41, 5.74) is 2.97. The number of rotatable bonds is 1. The molecule has 14 heavy (non-hydrogen) atoms. The lowest BCUT2D eigenvalue weighted by Gasteiger charge is -2.05. The minimum atomic E-state index is -4.66. The molecule has 0 radical (unpaired) electrons. The van der Waals surface area contributed by atoms with Crippen LogP contribution in [0.4, 0.5) is 24.7 Å². The van der Waals surface area contributed by atoms with Crippen molar-refractivity contribution in [2.45, 2.75) is 6.18 Å². The monoisotopic (exact) mass is 207 g/mol. The second-order valence-electron chi connectivity index (χ2n) is 2.38. The summed E-state index contributed by atoms with van der Waals surface area (Å²) in [6.07, 6.45) is -4.21. The average molecular weight is 207 g/mol.